The van der Waals surface area contributed by atoms with Crippen LogP contribution in [-0.2, 0) is 14.6 Å². The molecule has 0 radical (unpaired) electrons. The second-order valence-corrected chi connectivity index (χ2v) is 10.0. The zero-order valence-corrected chi connectivity index (χ0v) is 17.3. The third-order valence-corrected chi connectivity index (χ3v) is 7.87. The van der Waals surface area contributed by atoms with E-state index < -0.39 is 15.4 Å². The van der Waals surface area contributed by atoms with E-state index in [9.17, 15) is 18.0 Å². The highest BCUT2D eigenvalue weighted by Crippen LogP contribution is 2.34. The number of nitrogens with one attached hydrogen (secondary N) is 1. The lowest BCUT2D eigenvalue weighted by atomic mass is 10.0. The Morgan fingerprint density at radius 2 is 1.86 bits per heavy atom. The second kappa shape index (κ2) is 7.80. The molecule has 152 valence electrons. The molecule has 1 saturated carbocycles. The average molecular weight is 433 g/mol. The lowest BCUT2D eigenvalue weighted by Gasteiger charge is -2.15. The van der Waals surface area contributed by atoms with Gasteiger partial charge in [0.05, 0.1) is 10.1 Å². The molecule has 8 heteroatoms. The van der Waals surface area contributed by atoms with Gasteiger partial charge in [-0.1, -0.05) is 29.8 Å². The molecule has 0 unspecified atom stereocenters. The molecular formula is C21H21ClN2O4S. The van der Waals surface area contributed by atoms with E-state index in [1.54, 1.807) is 35.2 Å². The summed E-state index contributed by atoms with van der Waals surface area (Å²) in [5.41, 5.74) is 1.63. The fourth-order valence-electron chi connectivity index (χ4n) is 3.49. The summed E-state index contributed by atoms with van der Waals surface area (Å²) < 4.78 is 24.9. The van der Waals surface area contributed by atoms with Gasteiger partial charge in [0.2, 0.25) is 5.91 Å². The van der Waals surface area contributed by atoms with Crippen molar-refractivity contribution in [1.82, 2.24) is 9.88 Å². The number of halogens is 1. The largest absolute Gasteiger partial charge is 0.339 e. The minimum Gasteiger partial charge on any atom is -0.339 e. The Kier molecular flexibility index (Phi) is 5.36. The van der Waals surface area contributed by atoms with Crippen LogP contribution in [0.5, 0.6) is 0 Å². The quantitative estimate of drug-likeness (QED) is 0.760. The Hall–Kier alpha value is -2.38. The number of benzene rings is 1. The highest BCUT2D eigenvalue weighted by molar-refractivity contribution is 7.92. The summed E-state index contributed by atoms with van der Waals surface area (Å²) in [5.74, 6) is 0.107. The van der Waals surface area contributed by atoms with Crippen molar-refractivity contribution in [2.45, 2.75) is 35.8 Å². The second-order valence-electron chi connectivity index (χ2n) is 7.38. The average Bonchev–Trinajstić information content (AvgIpc) is 3.49. The van der Waals surface area contributed by atoms with Gasteiger partial charge in [-0.3, -0.25) is 9.59 Å². The van der Waals surface area contributed by atoms with Gasteiger partial charge in [-0.05, 0) is 49.1 Å². The van der Waals surface area contributed by atoms with E-state index in [0.717, 1.165) is 12.0 Å². The third kappa shape index (κ3) is 4.16. The molecule has 1 aromatic heterocycles. The molecule has 29 heavy (non-hydrogen) atoms. The summed E-state index contributed by atoms with van der Waals surface area (Å²) in [4.78, 5) is 28.8. The van der Waals surface area contributed by atoms with Crippen molar-refractivity contribution in [3.05, 3.63) is 69.1 Å². The Morgan fingerprint density at radius 1 is 1.14 bits per heavy atom. The van der Waals surface area contributed by atoms with Gasteiger partial charge >= 0.3 is 0 Å². The molecule has 0 atom stereocenters. The summed E-state index contributed by atoms with van der Waals surface area (Å²) in [6, 6.07) is 9.91. The Bertz CT molecular complexity index is 1130. The lowest BCUT2D eigenvalue weighted by molar-refractivity contribution is -0.127. The maximum absolute atomic E-state index is 12.4. The van der Waals surface area contributed by atoms with Crippen LogP contribution in [0.4, 0.5) is 0 Å². The van der Waals surface area contributed by atoms with Gasteiger partial charge in [0.15, 0.2) is 9.84 Å². The Balaban J connectivity index is 1.70. The number of aromatic nitrogens is 1. The van der Waals surface area contributed by atoms with E-state index in [-0.39, 0.29) is 16.2 Å². The van der Waals surface area contributed by atoms with Crippen LogP contribution in [0.3, 0.4) is 0 Å². The molecule has 1 aromatic carbocycles. The summed E-state index contributed by atoms with van der Waals surface area (Å²) in [7, 11) is -3.27. The van der Waals surface area contributed by atoms with E-state index in [1.165, 1.54) is 6.07 Å². The van der Waals surface area contributed by atoms with Crippen molar-refractivity contribution < 1.29 is 13.2 Å². The summed E-state index contributed by atoms with van der Waals surface area (Å²) in [6.07, 6.45) is 4.70. The summed E-state index contributed by atoms with van der Waals surface area (Å²) in [5, 5.41) is -0.175. The highest BCUT2D eigenvalue weighted by Gasteiger charge is 2.36. The predicted octanol–water partition coefficient (Wildman–Crippen LogP) is 3.02. The molecule has 6 nitrogen and oxygen atoms in total. The number of aromatic amines is 1. The molecular weight excluding hydrogens is 412 g/mol. The molecule has 1 amide bonds. The van der Waals surface area contributed by atoms with Crippen molar-refractivity contribution in [3.63, 3.8) is 0 Å². The van der Waals surface area contributed by atoms with Crippen LogP contribution in [0.25, 0.3) is 5.57 Å². The molecule has 2 aliphatic rings. The summed E-state index contributed by atoms with van der Waals surface area (Å²) >= 11 is 5.85. The van der Waals surface area contributed by atoms with Crippen LogP contribution in [0.2, 0.25) is 5.02 Å². The maximum Gasteiger partial charge on any atom is 0.267 e. The normalized spacial score (nSPS) is 17.8. The number of nitrogens with zero attached hydrogens (tertiary/aromatic N) is 1. The van der Waals surface area contributed by atoms with Crippen LogP contribution in [0.15, 0.2) is 52.2 Å². The molecule has 1 aliphatic carbocycles. The number of likely N-dealkylation sites (tertiary alicyclic amines) is 1. The van der Waals surface area contributed by atoms with Gasteiger partial charge in [-0.25, -0.2) is 8.42 Å². The molecule has 2 heterocycles. The molecule has 2 fully saturated rings. The first-order chi connectivity index (χ1) is 13.9. The van der Waals surface area contributed by atoms with E-state index in [1.807, 2.05) is 6.08 Å². The predicted molar refractivity (Wildman–Crippen MR) is 112 cm³/mol. The van der Waals surface area contributed by atoms with E-state index in [4.69, 9.17) is 11.6 Å². The van der Waals surface area contributed by atoms with Crippen molar-refractivity contribution in [3.8, 4) is 0 Å². The monoisotopic (exact) mass is 432 g/mol. The van der Waals surface area contributed by atoms with E-state index in [2.05, 4.69) is 4.98 Å². The minimum atomic E-state index is -3.27. The number of H-pyrrole nitrogens is 1. The fraction of sp³-hybridized carbons (Fsp3) is 0.333. The maximum atomic E-state index is 12.4. The van der Waals surface area contributed by atoms with Crippen LogP contribution in [-0.4, -0.2) is 42.5 Å². The van der Waals surface area contributed by atoms with Crippen molar-refractivity contribution in [2.24, 2.45) is 0 Å². The van der Waals surface area contributed by atoms with Gasteiger partial charge in [0.1, 0.15) is 5.02 Å². The zero-order chi connectivity index (χ0) is 20.6. The molecule has 1 aliphatic heterocycles. The zero-order valence-electron chi connectivity index (χ0n) is 15.7. The first-order valence-corrected chi connectivity index (χ1v) is 11.5. The molecule has 0 spiro atoms. The van der Waals surface area contributed by atoms with E-state index in [0.29, 0.717) is 48.5 Å². The first-order valence-electron chi connectivity index (χ1n) is 9.58. The molecule has 2 aromatic rings. The highest BCUT2D eigenvalue weighted by atomic mass is 35.5. The van der Waals surface area contributed by atoms with Crippen LogP contribution in [0, 0.1) is 0 Å². The van der Waals surface area contributed by atoms with Crippen LogP contribution in [0.1, 0.15) is 36.9 Å². The van der Waals surface area contributed by atoms with Gasteiger partial charge in [0.25, 0.3) is 5.56 Å². The molecule has 0 bridgehead atoms. The van der Waals surface area contributed by atoms with Gasteiger partial charge in [0, 0.05) is 30.8 Å². The number of amides is 1. The Morgan fingerprint density at radius 3 is 2.45 bits per heavy atom. The van der Waals surface area contributed by atoms with Gasteiger partial charge in [-0.2, -0.15) is 0 Å². The number of carbonyl (C=O) groups excluding carboxylic acids is 1. The fourth-order valence-corrected chi connectivity index (χ4v) is 5.26. The number of sulfone groups is 1. The number of hydrogen-bond donors (Lipinski definition) is 1. The van der Waals surface area contributed by atoms with Crippen LogP contribution < -0.4 is 5.56 Å². The third-order valence-electron chi connectivity index (χ3n) is 5.30. The van der Waals surface area contributed by atoms with Gasteiger partial charge in [-0.15, -0.1) is 0 Å². The molecule has 4 rings (SSSR count). The summed E-state index contributed by atoms with van der Waals surface area (Å²) in [6.45, 7) is 1.12. The SMILES string of the molecule is O=C1CCCN1C/C=C(\c1ccc(S(=O)(=O)C2CC2)cc1)c1ccc(Cl)c(=O)[nH]1. The number of rotatable bonds is 6. The van der Waals surface area contributed by atoms with Crippen molar-refractivity contribution in [1.29, 1.82) is 0 Å². The molecule has 1 N–H and O–H groups in total. The van der Waals surface area contributed by atoms with E-state index >= 15 is 0 Å². The smallest absolute Gasteiger partial charge is 0.267 e. The number of pyridine rings is 1. The van der Waals surface area contributed by atoms with Crippen molar-refractivity contribution >= 4 is 32.9 Å². The Labute approximate surface area is 174 Å². The lowest BCUT2D eigenvalue weighted by Crippen LogP contribution is -2.24. The standard InChI is InChI=1S/C21H21ClN2O4S/c22-18-9-10-19(23-21(18)26)17(11-13-24-12-1-2-20(24)25)14-3-5-15(6-4-14)29(27,28)16-7-8-16/h3-6,9-11,16H,1-2,7-8,12-13H2,(H,23,26)/b17-11+. The first kappa shape index (κ1) is 19.9. The van der Waals surface area contributed by atoms with Gasteiger partial charge < -0.3 is 9.88 Å². The number of hydrogen-bond acceptors (Lipinski definition) is 4. The molecule has 1 saturated heterocycles. The minimum absolute atomic E-state index is 0.0914. The number of carbonyl (C=O) groups is 1. The van der Waals surface area contributed by atoms with Crippen LogP contribution >= 0.6 is 11.6 Å². The topological polar surface area (TPSA) is 87.3 Å². The van der Waals surface area contributed by atoms with Crippen molar-refractivity contribution in [2.75, 3.05) is 13.1 Å².